The van der Waals surface area contributed by atoms with Crippen LogP contribution in [0, 0.1) is 10.1 Å². The molecule has 0 aromatic heterocycles. The highest BCUT2D eigenvalue weighted by Gasteiger charge is 2.17. The maximum absolute atomic E-state index is 10.8. The van der Waals surface area contributed by atoms with Crippen molar-refractivity contribution in [2.75, 3.05) is 19.0 Å². The first kappa shape index (κ1) is 13.7. The molecular weight excluding hydrogens is 242 g/mol. The van der Waals surface area contributed by atoms with Crippen LogP contribution in [0.15, 0.2) is 18.2 Å². The van der Waals surface area contributed by atoms with E-state index in [9.17, 15) is 20.0 Å². The first-order valence-electron chi connectivity index (χ1n) is 4.99. The quantitative estimate of drug-likeness (QED) is 0.479. The number of nitrogens with one attached hydrogen (secondary N) is 1. The van der Waals surface area contributed by atoms with Crippen LogP contribution in [0.1, 0.15) is 0 Å². The van der Waals surface area contributed by atoms with Crippen molar-refractivity contribution in [1.82, 2.24) is 0 Å². The Balaban J connectivity index is 2.88. The number of methoxy groups -OCH3 is 1. The third-order valence-electron chi connectivity index (χ3n) is 2.22. The second kappa shape index (κ2) is 5.82. The second-order valence-corrected chi connectivity index (χ2v) is 3.44. The number of nitrogens with zero attached hydrogens (tertiary/aromatic N) is 1. The average Bonchev–Trinajstić information content (AvgIpc) is 2.35. The van der Waals surface area contributed by atoms with Gasteiger partial charge in [0.15, 0.2) is 0 Å². The van der Waals surface area contributed by atoms with Crippen LogP contribution in [0.2, 0.25) is 0 Å². The van der Waals surface area contributed by atoms with Crippen molar-refractivity contribution in [1.29, 1.82) is 0 Å². The molecule has 18 heavy (non-hydrogen) atoms. The standard InChI is InChI=1S/C10H13N3O5/c1-18-6-2-3-7(8(4-6)13(16)17)12-5-9(14)10(11)15/h2-4,9,12,14H,5H2,1H3,(H2,11,15). The molecule has 1 aromatic carbocycles. The summed E-state index contributed by atoms with van der Waals surface area (Å²) in [7, 11) is 1.39. The van der Waals surface area contributed by atoms with Crippen molar-refractivity contribution >= 4 is 17.3 Å². The van der Waals surface area contributed by atoms with E-state index in [0.717, 1.165) is 0 Å². The molecule has 0 heterocycles. The van der Waals surface area contributed by atoms with Gasteiger partial charge < -0.3 is 20.9 Å². The molecule has 0 aliphatic rings. The topological polar surface area (TPSA) is 128 Å². The molecule has 0 aliphatic carbocycles. The van der Waals surface area contributed by atoms with Crippen LogP contribution in [0.3, 0.4) is 0 Å². The highest BCUT2D eigenvalue weighted by Crippen LogP contribution is 2.28. The van der Waals surface area contributed by atoms with E-state index in [4.69, 9.17) is 10.5 Å². The van der Waals surface area contributed by atoms with Crippen LogP contribution >= 0.6 is 0 Å². The van der Waals surface area contributed by atoms with Gasteiger partial charge in [-0.25, -0.2) is 0 Å². The third-order valence-corrected chi connectivity index (χ3v) is 2.22. The summed E-state index contributed by atoms with van der Waals surface area (Å²) in [5, 5.41) is 22.6. The molecule has 8 heteroatoms. The van der Waals surface area contributed by atoms with Crippen molar-refractivity contribution in [3.05, 3.63) is 28.3 Å². The molecule has 4 N–H and O–H groups in total. The van der Waals surface area contributed by atoms with Crippen LogP contribution < -0.4 is 15.8 Å². The van der Waals surface area contributed by atoms with Gasteiger partial charge in [0.25, 0.3) is 5.69 Å². The summed E-state index contributed by atoms with van der Waals surface area (Å²) < 4.78 is 4.87. The molecule has 1 unspecified atom stereocenters. The van der Waals surface area contributed by atoms with Crippen LogP contribution in [-0.2, 0) is 4.79 Å². The van der Waals surface area contributed by atoms with E-state index >= 15 is 0 Å². The van der Waals surface area contributed by atoms with Gasteiger partial charge in [-0.15, -0.1) is 0 Å². The maximum atomic E-state index is 10.8. The predicted molar refractivity (Wildman–Crippen MR) is 63.3 cm³/mol. The zero-order valence-electron chi connectivity index (χ0n) is 9.62. The fourth-order valence-corrected chi connectivity index (χ4v) is 1.25. The summed E-state index contributed by atoms with van der Waals surface area (Å²) in [5.74, 6) is -0.568. The number of carbonyl (C=O) groups excluding carboxylic acids is 1. The van der Waals surface area contributed by atoms with Crippen molar-refractivity contribution in [2.45, 2.75) is 6.10 Å². The van der Waals surface area contributed by atoms with E-state index < -0.39 is 16.9 Å². The van der Waals surface area contributed by atoms with Crippen LogP contribution in [0.4, 0.5) is 11.4 Å². The molecule has 1 aromatic rings. The lowest BCUT2D eigenvalue weighted by atomic mass is 10.2. The largest absolute Gasteiger partial charge is 0.496 e. The Labute approximate surface area is 103 Å². The van der Waals surface area contributed by atoms with E-state index in [1.54, 1.807) is 0 Å². The van der Waals surface area contributed by atoms with Crippen LogP contribution in [-0.4, -0.2) is 35.7 Å². The molecule has 1 rings (SSSR count). The van der Waals surface area contributed by atoms with E-state index in [-0.39, 0.29) is 17.9 Å². The van der Waals surface area contributed by atoms with Gasteiger partial charge in [0, 0.05) is 0 Å². The number of anilines is 1. The molecule has 0 bridgehead atoms. The zero-order chi connectivity index (χ0) is 13.7. The number of aliphatic hydroxyl groups excluding tert-OH is 1. The monoisotopic (exact) mass is 255 g/mol. The minimum atomic E-state index is -1.41. The Kier molecular flexibility index (Phi) is 4.44. The van der Waals surface area contributed by atoms with Crippen molar-refractivity contribution in [3.63, 3.8) is 0 Å². The lowest BCUT2D eigenvalue weighted by Gasteiger charge is -2.10. The van der Waals surface area contributed by atoms with E-state index in [0.29, 0.717) is 5.75 Å². The van der Waals surface area contributed by atoms with Gasteiger partial charge in [0.1, 0.15) is 17.5 Å². The number of hydrogen-bond acceptors (Lipinski definition) is 6. The van der Waals surface area contributed by atoms with Gasteiger partial charge in [0.2, 0.25) is 5.91 Å². The molecule has 1 atom stereocenters. The molecule has 0 fully saturated rings. The molecule has 0 spiro atoms. The number of nitro groups is 1. The van der Waals surface area contributed by atoms with Crippen LogP contribution in [0.25, 0.3) is 0 Å². The van der Waals surface area contributed by atoms with Gasteiger partial charge in [-0.1, -0.05) is 0 Å². The molecule has 1 amide bonds. The summed E-state index contributed by atoms with van der Waals surface area (Å²) in [6.07, 6.45) is -1.41. The van der Waals surface area contributed by atoms with E-state index in [1.807, 2.05) is 0 Å². The number of ether oxygens (including phenoxy) is 1. The average molecular weight is 255 g/mol. The van der Waals surface area contributed by atoms with E-state index in [2.05, 4.69) is 5.32 Å². The minimum Gasteiger partial charge on any atom is -0.496 e. The van der Waals surface area contributed by atoms with Crippen LogP contribution in [0.5, 0.6) is 5.75 Å². The Hall–Kier alpha value is -2.35. The fraction of sp³-hybridized carbons (Fsp3) is 0.300. The Bertz CT molecular complexity index is 463. The number of primary amides is 1. The molecule has 0 saturated heterocycles. The SMILES string of the molecule is COc1ccc(NCC(O)C(N)=O)c([N+](=O)[O-])c1. The highest BCUT2D eigenvalue weighted by molar-refractivity contribution is 5.79. The molecule has 8 nitrogen and oxygen atoms in total. The molecule has 0 radical (unpaired) electrons. The number of benzene rings is 1. The summed E-state index contributed by atoms with van der Waals surface area (Å²) in [4.78, 5) is 20.8. The lowest BCUT2D eigenvalue weighted by molar-refractivity contribution is -0.384. The second-order valence-electron chi connectivity index (χ2n) is 3.44. The maximum Gasteiger partial charge on any atom is 0.296 e. The Morgan fingerprint density at radius 3 is 2.83 bits per heavy atom. The van der Waals surface area contributed by atoms with Crippen molar-refractivity contribution in [3.8, 4) is 5.75 Å². The number of nitro benzene ring substituents is 1. The van der Waals surface area contributed by atoms with Crippen molar-refractivity contribution in [2.24, 2.45) is 5.73 Å². The lowest BCUT2D eigenvalue weighted by Crippen LogP contribution is -2.34. The first-order chi connectivity index (χ1) is 8.45. The normalized spacial score (nSPS) is 11.7. The van der Waals surface area contributed by atoms with Gasteiger partial charge >= 0.3 is 0 Å². The number of aliphatic hydroxyl groups is 1. The predicted octanol–water partition coefficient (Wildman–Crippen LogP) is -0.138. The minimum absolute atomic E-state index is 0.168. The molecule has 0 aliphatic heterocycles. The van der Waals surface area contributed by atoms with E-state index in [1.165, 1.54) is 25.3 Å². The summed E-state index contributed by atoms with van der Waals surface area (Å²) in [6, 6.07) is 4.18. The summed E-state index contributed by atoms with van der Waals surface area (Å²) in [6.45, 7) is -0.206. The zero-order valence-corrected chi connectivity index (χ0v) is 9.62. The molecule has 0 saturated carbocycles. The van der Waals surface area contributed by atoms with Gasteiger partial charge in [-0.3, -0.25) is 14.9 Å². The fourth-order valence-electron chi connectivity index (χ4n) is 1.25. The Morgan fingerprint density at radius 2 is 2.33 bits per heavy atom. The first-order valence-corrected chi connectivity index (χ1v) is 4.99. The number of hydrogen-bond donors (Lipinski definition) is 3. The number of rotatable bonds is 6. The van der Waals surface area contributed by atoms with Gasteiger partial charge in [-0.05, 0) is 12.1 Å². The number of carbonyl (C=O) groups is 1. The Morgan fingerprint density at radius 1 is 1.67 bits per heavy atom. The van der Waals surface area contributed by atoms with Crippen molar-refractivity contribution < 1.29 is 19.6 Å². The summed E-state index contributed by atoms with van der Waals surface area (Å²) in [5.41, 5.74) is 4.81. The van der Waals surface area contributed by atoms with Gasteiger partial charge in [0.05, 0.1) is 24.6 Å². The molecular formula is C10H13N3O5. The summed E-state index contributed by atoms with van der Waals surface area (Å²) >= 11 is 0. The molecule has 98 valence electrons. The third kappa shape index (κ3) is 3.32. The smallest absolute Gasteiger partial charge is 0.296 e. The van der Waals surface area contributed by atoms with Gasteiger partial charge in [-0.2, -0.15) is 0 Å². The highest BCUT2D eigenvalue weighted by atomic mass is 16.6. The number of nitrogens with two attached hydrogens (primary N) is 1. The number of amides is 1.